The molecule has 88 valence electrons. The number of nitrogens with zero attached hydrogens (tertiary/aromatic N) is 3. The lowest BCUT2D eigenvalue weighted by molar-refractivity contribution is 0.573. The van der Waals surface area contributed by atoms with E-state index in [1.165, 1.54) is 25.2 Å². The number of hydrogen-bond acceptors (Lipinski definition) is 3. The lowest BCUT2D eigenvalue weighted by Crippen LogP contribution is -2.35. The number of aromatic nitrogens is 2. The first-order valence-electron chi connectivity index (χ1n) is 6.29. The lowest BCUT2D eigenvalue weighted by atomic mass is 10.1. The standard InChI is InChI=1S/C12H20N4/c1-3-10-8-15(2)12(14-10)16-5-4-9-6-13-7-11(9)16/h8-9,11,13H,3-7H2,1-2H3/t9-,11+/m0/s1. The average Bonchev–Trinajstić information content (AvgIpc) is 2.91. The average molecular weight is 220 g/mol. The second-order valence-corrected chi connectivity index (χ2v) is 4.96. The van der Waals surface area contributed by atoms with Gasteiger partial charge in [0.05, 0.1) is 5.69 Å². The zero-order valence-corrected chi connectivity index (χ0v) is 10.1. The van der Waals surface area contributed by atoms with Crippen molar-refractivity contribution in [3.8, 4) is 0 Å². The third kappa shape index (κ3) is 1.44. The highest BCUT2D eigenvalue weighted by Crippen LogP contribution is 2.31. The molecule has 4 nitrogen and oxygen atoms in total. The number of imidazole rings is 1. The summed E-state index contributed by atoms with van der Waals surface area (Å²) in [6.07, 6.45) is 4.49. The van der Waals surface area contributed by atoms with Gasteiger partial charge in [-0.05, 0) is 18.8 Å². The van der Waals surface area contributed by atoms with Gasteiger partial charge in [-0.15, -0.1) is 0 Å². The fraction of sp³-hybridized carbons (Fsp3) is 0.750. The Labute approximate surface area is 96.7 Å². The quantitative estimate of drug-likeness (QED) is 0.799. The largest absolute Gasteiger partial charge is 0.338 e. The van der Waals surface area contributed by atoms with Gasteiger partial charge in [-0.25, -0.2) is 4.98 Å². The molecule has 2 saturated heterocycles. The van der Waals surface area contributed by atoms with E-state index in [4.69, 9.17) is 4.98 Å². The number of fused-ring (bicyclic) bond motifs is 1. The Balaban J connectivity index is 1.88. The summed E-state index contributed by atoms with van der Waals surface area (Å²) in [6.45, 7) is 5.65. The maximum atomic E-state index is 4.73. The van der Waals surface area contributed by atoms with Gasteiger partial charge in [0.25, 0.3) is 0 Å². The van der Waals surface area contributed by atoms with Crippen molar-refractivity contribution < 1.29 is 0 Å². The van der Waals surface area contributed by atoms with E-state index < -0.39 is 0 Å². The van der Waals surface area contributed by atoms with Crippen LogP contribution in [0, 0.1) is 5.92 Å². The maximum Gasteiger partial charge on any atom is 0.205 e. The van der Waals surface area contributed by atoms with Gasteiger partial charge in [0.2, 0.25) is 5.95 Å². The molecule has 2 fully saturated rings. The van der Waals surface area contributed by atoms with E-state index in [9.17, 15) is 0 Å². The molecule has 16 heavy (non-hydrogen) atoms. The van der Waals surface area contributed by atoms with Crippen molar-refractivity contribution in [3.63, 3.8) is 0 Å². The molecule has 0 unspecified atom stereocenters. The molecule has 0 bridgehead atoms. The van der Waals surface area contributed by atoms with Gasteiger partial charge >= 0.3 is 0 Å². The smallest absolute Gasteiger partial charge is 0.205 e. The summed E-state index contributed by atoms with van der Waals surface area (Å²) in [7, 11) is 2.11. The van der Waals surface area contributed by atoms with Crippen LogP contribution in [0.4, 0.5) is 5.95 Å². The molecule has 3 heterocycles. The van der Waals surface area contributed by atoms with Crippen molar-refractivity contribution >= 4 is 5.95 Å². The van der Waals surface area contributed by atoms with Gasteiger partial charge in [-0.2, -0.15) is 0 Å². The minimum atomic E-state index is 0.672. The van der Waals surface area contributed by atoms with E-state index in [-0.39, 0.29) is 0 Å². The molecule has 1 aromatic heterocycles. The second-order valence-electron chi connectivity index (χ2n) is 4.96. The Morgan fingerprint density at radius 1 is 1.50 bits per heavy atom. The first-order chi connectivity index (χ1) is 7.79. The van der Waals surface area contributed by atoms with Gasteiger partial charge in [0, 0.05) is 38.9 Å². The van der Waals surface area contributed by atoms with E-state index in [0.717, 1.165) is 24.8 Å². The molecule has 0 aromatic carbocycles. The van der Waals surface area contributed by atoms with Crippen LogP contribution in [0.3, 0.4) is 0 Å². The monoisotopic (exact) mass is 220 g/mol. The summed E-state index contributed by atoms with van der Waals surface area (Å²) in [5.74, 6) is 2.00. The van der Waals surface area contributed by atoms with E-state index in [1.54, 1.807) is 0 Å². The van der Waals surface area contributed by atoms with Gasteiger partial charge in [0.15, 0.2) is 0 Å². The SMILES string of the molecule is CCc1cn(C)c(N2CC[C@H]3CNC[C@H]32)n1. The van der Waals surface area contributed by atoms with Crippen LogP contribution in [0.5, 0.6) is 0 Å². The Morgan fingerprint density at radius 3 is 3.12 bits per heavy atom. The minimum absolute atomic E-state index is 0.672. The molecular weight excluding hydrogens is 200 g/mol. The van der Waals surface area contributed by atoms with Gasteiger partial charge < -0.3 is 14.8 Å². The highest BCUT2D eigenvalue weighted by atomic mass is 15.3. The summed E-state index contributed by atoms with van der Waals surface area (Å²) in [5.41, 5.74) is 1.20. The maximum absolute atomic E-state index is 4.73. The second kappa shape index (κ2) is 3.77. The van der Waals surface area contributed by atoms with Crippen LogP contribution in [0.2, 0.25) is 0 Å². The van der Waals surface area contributed by atoms with E-state index in [1.807, 2.05) is 0 Å². The zero-order chi connectivity index (χ0) is 11.1. The van der Waals surface area contributed by atoms with Crippen molar-refractivity contribution in [1.82, 2.24) is 14.9 Å². The van der Waals surface area contributed by atoms with Crippen LogP contribution < -0.4 is 10.2 Å². The van der Waals surface area contributed by atoms with Crippen molar-refractivity contribution in [3.05, 3.63) is 11.9 Å². The normalized spacial score (nSPS) is 28.8. The summed E-state index contributed by atoms with van der Waals surface area (Å²) >= 11 is 0. The summed E-state index contributed by atoms with van der Waals surface area (Å²) in [4.78, 5) is 7.22. The predicted molar refractivity (Wildman–Crippen MR) is 64.7 cm³/mol. The van der Waals surface area contributed by atoms with Gasteiger partial charge in [-0.1, -0.05) is 6.92 Å². The highest BCUT2D eigenvalue weighted by molar-refractivity contribution is 5.38. The molecule has 4 heteroatoms. The predicted octanol–water partition coefficient (Wildman–Crippen LogP) is 0.781. The first kappa shape index (κ1) is 10.1. The fourth-order valence-corrected chi connectivity index (χ4v) is 3.05. The van der Waals surface area contributed by atoms with Gasteiger partial charge in [-0.3, -0.25) is 0 Å². The van der Waals surface area contributed by atoms with Crippen molar-refractivity contribution in [1.29, 1.82) is 0 Å². The summed E-state index contributed by atoms with van der Waals surface area (Å²) < 4.78 is 2.18. The topological polar surface area (TPSA) is 33.1 Å². The number of rotatable bonds is 2. The van der Waals surface area contributed by atoms with Crippen LogP contribution >= 0.6 is 0 Å². The fourth-order valence-electron chi connectivity index (χ4n) is 3.05. The Hall–Kier alpha value is -1.03. The Bertz CT molecular complexity index is 384. The minimum Gasteiger partial charge on any atom is -0.338 e. The van der Waals surface area contributed by atoms with Crippen LogP contribution in [0.25, 0.3) is 0 Å². The summed E-state index contributed by atoms with van der Waals surface area (Å²) in [5, 5.41) is 3.49. The number of hydrogen-bond donors (Lipinski definition) is 1. The molecule has 3 rings (SSSR count). The molecule has 1 aromatic rings. The lowest BCUT2D eigenvalue weighted by Gasteiger charge is -2.24. The molecule has 0 spiro atoms. The number of aryl methyl sites for hydroxylation is 2. The molecule has 0 saturated carbocycles. The molecule has 2 aliphatic rings. The van der Waals surface area contributed by atoms with E-state index >= 15 is 0 Å². The Morgan fingerprint density at radius 2 is 2.38 bits per heavy atom. The number of nitrogens with one attached hydrogen (secondary N) is 1. The van der Waals surface area contributed by atoms with Crippen LogP contribution in [-0.2, 0) is 13.5 Å². The highest BCUT2D eigenvalue weighted by Gasteiger charge is 2.39. The molecule has 2 aliphatic heterocycles. The van der Waals surface area contributed by atoms with Crippen LogP contribution in [0.1, 0.15) is 19.0 Å². The van der Waals surface area contributed by atoms with Gasteiger partial charge in [0.1, 0.15) is 0 Å². The van der Waals surface area contributed by atoms with Crippen LogP contribution in [0.15, 0.2) is 6.20 Å². The van der Waals surface area contributed by atoms with Crippen molar-refractivity contribution in [2.75, 3.05) is 24.5 Å². The number of anilines is 1. The van der Waals surface area contributed by atoms with E-state index in [2.05, 4.69) is 35.0 Å². The molecule has 1 N–H and O–H groups in total. The molecule has 0 radical (unpaired) electrons. The van der Waals surface area contributed by atoms with Crippen molar-refractivity contribution in [2.24, 2.45) is 13.0 Å². The van der Waals surface area contributed by atoms with Crippen LogP contribution in [-0.4, -0.2) is 35.2 Å². The molecule has 0 amide bonds. The zero-order valence-electron chi connectivity index (χ0n) is 10.1. The molecule has 0 aliphatic carbocycles. The molecular formula is C12H20N4. The molecule has 2 atom stereocenters. The summed E-state index contributed by atoms with van der Waals surface area (Å²) in [6, 6.07) is 0.672. The van der Waals surface area contributed by atoms with Crippen molar-refractivity contribution in [2.45, 2.75) is 25.8 Å². The van der Waals surface area contributed by atoms with E-state index in [0.29, 0.717) is 6.04 Å². The Kier molecular flexibility index (Phi) is 2.39. The first-order valence-corrected chi connectivity index (χ1v) is 6.29. The third-order valence-electron chi connectivity index (χ3n) is 3.97. The third-order valence-corrected chi connectivity index (χ3v) is 3.97.